The largest absolute Gasteiger partial charge is 0.483 e. The number of hydrogen-bond acceptors (Lipinski definition) is 3. The molecule has 2 aromatic carbocycles. The molecule has 0 heterocycles. The predicted molar refractivity (Wildman–Crippen MR) is 105 cm³/mol. The molecule has 0 aliphatic carbocycles. The van der Waals surface area contributed by atoms with Gasteiger partial charge in [0.1, 0.15) is 5.75 Å². The summed E-state index contributed by atoms with van der Waals surface area (Å²) in [5, 5.41) is 5.84. The van der Waals surface area contributed by atoms with E-state index in [0.29, 0.717) is 5.75 Å². The highest BCUT2D eigenvalue weighted by molar-refractivity contribution is 9.10. The van der Waals surface area contributed by atoms with Gasteiger partial charge in [0.05, 0.1) is 4.47 Å². The molecule has 1 amide bonds. The van der Waals surface area contributed by atoms with Crippen molar-refractivity contribution in [2.24, 2.45) is 0 Å². The maximum Gasteiger partial charge on any atom is 0.264 e. The van der Waals surface area contributed by atoms with E-state index >= 15 is 0 Å². The van der Waals surface area contributed by atoms with Crippen LogP contribution < -0.4 is 15.4 Å². The molecule has 0 bridgehead atoms. The molecule has 2 aromatic rings. The maximum atomic E-state index is 11.9. The number of halogens is 1. The van der Waals surface area contributed by atoms with Gasteiger partial charge in [-0.05, 0) is 89.9 Å². The summed E-state index contributed by atoms with van der Waals surface area (Å²) in [6.45, 7) is 5.93. The number of benzene rings is 2. The molecule has 0 atom stereocenters. The first-order valence-corrected chi connectivity index (χ1v) is 8.62. The van der Waals surface area contributed by atoms with Crippen LogP contribution in [0.1, 0.15) is 16.7 Å². The fraction of sp³-hybridized carbons (Fsp3) is 0.222. The van der Waals surface area contributed by atoms with Gasteiger partial charge in [-0.3, -0.25) is 10.1 Å². The molecule has 2 N–H and O–H groups in total. The van der Waals surface area contributed by atoms with Gasteiger partial charge in [-0.2, -0.15) is 0 Å². The lowest BCUT2D eigenvalue weighted by atomic mass is 10.1. The summed E-state index contributed by atoms with van der Waals surface area (Å²) < 4.78 is 6.30. The molecular weight excluding hydrogens is 388 g/mol. The molecule has 126 valence electrons. The number of ether oxygens (including phenoxy) is 1. The molecule has 6 heteroatoms. The number of anilines is 1. The molecular formula is C18H19BrN2O2S. The van der Waals surface area contributed by atoms with Gasteiger partial charge in [0, 0.05) is 5.69 Å². The molecule has 0 unspecified atom stereocenters. The van der Waals surface area contributed by atoms with E-state index in [9.17, 15) is 4.79 Å². The van der Waals surface area contributed by atoms with Crippen molar-refractivity contribution < 1.29 is 9.53 Å². The molecule has 0 saturated heterocycles. The van der Waals surface area contributed by atoms with E-state index in [2.05, 4.69) is 26.6 Å². The molecule has 0 fully saturated rings. The molecule has 2 rings (SSSR count). The van der Waals surface area contributed by atoms with Crippen LogP contribution in [-0.2, 0) is 4.79 Å². The third-order valence-electron chi connectivity index (χ3n) is 3.46. The van der Waals surface area contributed by atoms with Gasteiger partial charge < -0.3 is 10.1 Å². The topological polar surface area (TPSA) is 50.4 Å². The van der Waals surface area contributed by atoms with Gasteiger partial charge in [0.15, 0.2) is 11.7 Å². The van der Waals surface area contributed by atoms with Gasteiger partial charge in [0.25, 0.3) is 5.91 Å². The van der Waals surface area contributed by atoms with Crippen LogP contribution in [0.25, 0.3) is 0 Å². The summed E-state index contributed by atoms with van der Waals surface area (Å²) in [6.07, 6.45) is 0. The van der Waals surface area contributed by atoms with E-state index in [1.165, 1.54) is 5.56 Å². The van der Waals surface area contributed by atoms with Crippen molar-refractivity contribution in [2.75, 3.05) is 11.9 Å². The minimum atomic E-state index is -0.316. The van der Waals surface area contributed by atoms with E-state index < -0.39 is 0 Å². The van der Waals surface area contributed by atoms with Crippen molar-refractivity contribution in [3.8, 4) is 5.75 Å². The maximum absolute atomic E-state index is 11.9. The SMILES string of the molecule is Cc1ccc(OCC(=O)NC(=S)Nc2ccc(C)c(C)c2)c(Br)c1. The molecule has 0 aliphatic heterocycles. The Balaban J connectivity index is 1.85. The van der Waals surface area contributed by atoms with Gasteiger partial charge in [-0.25, -0.2) is 0 Å². The number of hydrogen-bond donors (Lipinski definition) is 2. The van der Waals surface area contributed by atoms with Crippen LogP contribution >= 0.6 is 28.1 Å². The van der Waals surface area contributed by atoms with Gasteiger partial charge >= 0.3 is 0 Å². The second-order valence-corrected chi connectivity index (χ2v) is 6.79. The highest BCUT2D eigenvalue weighted by atomic mass is 79.9. The lowest BCUT2D eigenvalue weighted by Gasteiger charge is -2.12. The summed E-state index contributed by atoms with van der Waals surface area (Å²) in [5.41, 5.74) is 4.30. The highest BCUT2D eigenvalue weighted by Crippen LogP contribution is 2.25. The molecule has 0 aromatic heterocycles. The Kier molecular flexibility index (Phi) is 6.34. The van der Waals surface area contributed by atoms with Crippen LogP contribution in [0.5, 0.6) is 5.75 Å². The smallest absolute Gasteiger partial charge is 0.264 e. The number of amides is 1. The van der Waals surface area contributed by atoms with Gasteiger partial charge in [-0.1, -0.05) is 12.1 Å². The Morgan fingerprint density at radius 1 is 1.12 bits per heavy atom. The molecule has 24 heavy (non-hydrogen) atoms. The number of rotatable bonds is 4. The monoisotopic (exact) mass is 406 g/mol. The lowest BCUT2D eigenvalue weighted by Crippen LogP contribution is -2.37. The van der Waals surface area contributed by atoms with Crippen LogP contribution in [0.3, 0.4) is 0 Å². The van der Waals surface area contributed by atoms with Crippen molar-refractivity contribution in [3.63, 3.8) is 0 Å². The quantitative estimate of drug-likeness (QED) is 0.744. The Hall–Kier alpha value is -1.92. The molecule has 0 aliphatic rings. The molecule has 0 spiro atoms. The first kappa shape index (κ1) is 18.4. The fourth-order valence-corrected chi connectivity index (χ4v) is 2.85. The Labute approximate surface area is 155 Å². The van der Waals surface area contributed by atoms with Crippen molar-refractivity contribution >= 4 is 44.9 Å². The summed E-state index contributed by atoms with van der Waals surface area (Å²) in [5.74, 6) is 0.299. The average Bonchev–Trinajstić information content (AvgIpc) is 2.50. The summed E-state index contributed by atoms with van der Waals surface area (Å²) in [6, 6.07) is 11.6. The van der Waals surface area contributed by atoms with Crippen LogP contribution in [0.15, 0.2) is 40.9 Å². The van der Waals surface area contributed by atoms with Gasteiger partial charge in [0.2, 0.25) is 0 Å². The Bertz CT molecular complexity index is 778. The van der Waals surface area contributed by atoms with Crippen molar-refractivity contribution in [3.05, 3.63) is 57.6 Å². The first-order chi connectivity index (χ1) is 11.3. The first-order valence-electron chi connectivity index (χ1n) is 7.42. The van der Waals surface area contributed by atoms with Gasteiger partial charge in [-0.15, -0.1) is 0 Å². The van der Waals surface area contributed by atoms with Crippen LogP contribution in [0.2, 0.25) is 0 Å². The lowest BCUT2D eigenvalue weighted by molar-refractivity contribution is -0.121. The molecule has 0 radical (unpaired) electrons. The number of carbonyl (C=O) groups is 1. The third-order valence-corrected chi connectivity index (χ3v) is 4.29. The van der Waals surface area contributed by atoms with E-state index in [0.717, 1.165) is 21.3 Å². The molecule has 4 nitrogen and oxygen atoms in total. The van der Waals surface area contributed by atoms with Crippen molar-refractivity contribution in [2.45, 2.75) is 20.8 Å². The standard InChI is InChI=1S/C18H19BrN2O2S/c1-11-4-7-16(15(19)8-11)23-10-17(22)21-18(24)20-14-6-5-12(2)13(3)9-14/h4-9H,10H2,1-3H3,(H2,20,21,22,24). The summed E-state index contributed by atoms with van der Waals surface area (Å²) >= 11 is 8.56. The zero-order valence-corrected chi connectivity index (χ0v) is 16.2. The number of nitrogens with one attached hydrogen (secondary N) is 2. The highest BCUT2D eigenvalue weighted by Gasteiger charge is 2.08. The summed E-state index contributed by atoms with van der Waals surface area (Å²) in [7, 11) is 0. The third kappa shape index (κ3) is 5.32. The molecule has 0 saturated carbocycles. The predicted octanol–water partition coefficient (Wildman–Crippen LogP) is 4.27. The number of carbonyl (C=O) groups excluding carboxylic acids is 1. The zero-order chi connectivity index (χ0) is 17.7. The van der Waals surface area contributed by atoms with E-state index in [4.69, 9.17) is 17.0 Å². The van der Waals surface area contributed by atoms with E-state index in [1.54, 1.807) is 0 Å². The second-order valence-electron chi connectivity index (χ2n) is 5.52. The Morgan fingerprint density at radius 2 is 1.88 bits per heavy atom. The van der Waals surface area contributed by atoms with Crippen LogP contribution in [-0.4, -0.2) is 17.6 Å². The number of aryl methyl sites for hydroxylation is 3. The van der Waals surface area contributed by atoms with Crippen molar-refractivity contribution in [1.82, 2.24) is 5.32 Å². The van der Waals surface area contributed by atoms with Crippen molar-refractivity contribution in [1.29, 1.82) is 0 Å². The minimum Gasteiger partial charge on any atom is -0.483 e. The average molecular weight is 407 g/mol. The van der Waals surface area contributed by atoms with E-state index in [-0.39, 0.29) is 17.6 Å². The van der Waals surface area contributed by atoms with E-state index in [1.807, 2.05) is 57.2 Å². The van der Waals surface area contributed by atoms with Crippen LogP contribution in [0.4, 0.5) is 5.69 Å². The summed E-state index contributed by atoms with van der Waals surface area (Å²) in [4.78, 5) is 11.9. The van der Waals surface area contributed by atoms with Crippen LogP contribution in [0, 0.1) is 20.8 Å². The normalized spacial score (nSPS) is 10.2. The fourth-order valence-electron chi connectivity index (χ4n) is 2.01. The second kappa shape index (κ2) is 8.26. The Morgan fingerprint density at radius 3 is 2.54 bits per heavy atom. The minimum absolute atomic E-state index is 0.115. The number of thiocarbonyl (C=S) groups is 1. The zero-order valence-electron chi connectivity index (χ0n) is 13.8.